The number of nitrogens with zero attached hydrogens (tertiary/aromatic N) is 2. The second-order valence-electron chi connectivity index (χ2n) is 8.43. The SMILES string of the molecule is COc1ccc(CCN2CCN(Cc3ccccc3)CC2)c2c1OCc1ccccc1-2. The summed E-state index contributed by atoms with van der Waals surface area (Å²) in [7, 11) is 1.72. The lowest BCUT2D eigenvalue weighted by molar-refractivity contribution is 0.128. The summed E-state index contributed by atoms with van der Waals surface area (Å²) in [5, 5.41) is 0. The number of hydrogen-bond acceptors (Lipinski definition) is 4. The van der Waals surface area contributed by atoms with Crippen LogP contribution in [-0.2, 0) is 19.6 Å². The zero-order valence-corrected chi connectivity index (χ0v) is 18.2. The van der Waals surface area contributed by atoms with Gasteiger partial charge in [-0.25, -0.2) is 0 Å². The number of hydrogen-bond donors (Lipinski definition) is 0. The molecule has 1 fully saturated rings. The summed E-state index contributed by atoms with van der Waals surface area (Å²) >= 11 is 0. The zero-order chi connectivity index (χ0) is 21.0. The van der Waals surface area contributed by atoms with Gasteiger partial charge in [-0.3, -0.25) is 4.90 Å². The third-order valence-electron chi connectivity index (χ3n) is 6.50. The topological polar surface area (TPSA) is 24.9 Å². The van der Waals surface area contributed by atoms with E-state index in [1.165, 1.54) is 27.8 Å². The fraction of sp³-hybridized carbons (Fsp3) is 0.333. The van der Waals surface area contributed by atoms with Gasteiger partial charge in [-0.05, 0) is 34.7 Å². The van der Waals surface area contributed by atoms with Crippen LogP contribution in [0.1, 0.15) is 16.7 Å². The lowest BCUT2D eigenvalue weighted by Crippen LogP contribution is -2.46. The second kappa shape index (κ2) is 9.13. The summed E-state index contributed by atoms with van der Waals surface area (Å²) in [6.07, 6.45) is 1.02. The number of fused-ring (bicyclic) bond motifs is 3. The Labute approximate surface area is 185 Å². The first-order valence-corrected chi connectivity index (χ1v) is 11.2. The first-order valence-electron chi connectivity index (χ1n) is 11.2. The predicted molar refractivity (Wildman–Crippen MR) is 125 cm³/mol. The monoisotopic (exact) mass is 414 g/mol. The van der Waals surface area contributed by atoms with Gasteiger partial charge in [0.2, 0.25) is 0 Å². The van der Waals surface area contributed by atoms with Crippen molar-refractivity contribution in [1.29, 1.82) is 0 Å². The molecule has 5 rings (SSSR count). The number of piperazine rings is 1. The van der Waals surface area contributed by atoms with E-state index in [0.717, 1.165) is 57.2 Å². The van der Waals surface area contributed by atoms with Gasteiger partial charge in [0.15, 0.2) is 11.5 Å². The molecule has 31 heavy (non-hydrogen) atoms. The van der Waals surface area contributed by atoms with Crippen molar-refractivity contribution in [2.75, 3.05) is 39.8 Å². The summed E-state index contributed by atoms with van der Waals surface area (Å²) < 4.78 is 11.7. The number of benzene rings is 3. The van der Waals surface area contributed by atoms with Gasteiger partial charge in [-0.15, -0.1) is 0 Å². The first kappa shape index (κ1) is 20.1. The van der Waals surface area contributed by atoms with Crippen molar-refractivity contribution in [2.24, 2.45) is 0 Å². The van der Waals surface area contributed by atoms with E-state index in [1.807, 2.05) is 0 Å². The van der Waals surface area contributed by atoms with Gasteiger partial charge < -0.3 is 14.4 Å². The summed E-state index contributed by atoms with van der Waals surface area (Å²) in [5.41, 5.74) is 6.49. The van der Waals surface area contributed by atoms with Gasteiger partial charge >= 0.3 is 0 Å². The minimum Gasteiger partial charge on any atom is -0.493 e. The van der Waals surface area contributed by atoms with Crippen LogP contribution in [0.3, 0.4) is 0 Å². The molecule has 2 aliphatic heterocycles. The molecule has 4 nitrogen and oxygen atoms in total. The lowest BCUT2D eigenvalue weighted by atomic mass is 9.91. The van der Waals surface area contributed by atoms with Gasteiger partial charge in [-0.1, -0.05) is 60.7 Å². The molecule has 1 saturated heterocycles. The van der Waals surface area contributed by atoms with Crippen molar-refractivity contribution in [3.05, 3.63) is 83.4 Å². The van der Waals surface area contributed by atoms with Crippen LogP contribution < -0.4 is 9.47 Å². The Morgan fingerprint density at radius 3 is 2.39 bits per heavy atom. The third-order valence-corrected chi connectivity index (χ3v) is 6.50. The Balaban J connectivity index is 1.26. The maximum Gasteiger partial charge on any atom is 0.169 e. The predicted octanol–water partition coefficient (Wildman–Crippen LogP) is 4.61. The van der Waals surface area contributed by atoms with Crippen LogP contribution in [0.5, 0.6) is 11.5 Å². The van der Waals surface area contributed by atoms with Crippen molar-refractivity contribution >= 4 is 0 Å². The van der Waals surface area contributed by atoms with Crippen LogP contribution in [0.25, 0.3) is 11.1 Å². The fourth-order valence-corrected chi connectivity index (χ4v) is 4.74. The summed E-state index contributed by atoms with van der Waals surface area (Å²) in [4.78, 5) is 5.15. The molecule has 0 radical (unpaired) electrons. The van der Waals surface area contributed by atoms with E-state index < -0.39 is 0 Å². The Hall–Kier alpha value is -2.82. The minimum absolute atomic E-state index is 0.604. The first-order chi connectivity index (χ1) is 15.3. The van der Waals surface area contributed by atoms with Gasteiger partial charge in [0.1, 0.15) is 6.61 Å². The van der Waals surface area contributed by atoms with Crippen LogP contribution >= 0.6 is 0 Å². The normalized spacial score (nSPS) is 16.3. The minimum atomic E-state index is 0.604. The van der Waals surface area contributed by atoms with E-state index in [2.05, 4.69) is 76.5 Å². The van der Waals surface area contributed by atoms with Crippen molar-refractivity contribution in [2.45, 2.75) is 19.6 Å². The molecule has 2 heterocycles. The molecule has 0 aliphatic carbocycles. The highest BCUT2D eigenvalue weighted by Gasteiger charge is 2.24. The van der Waals surface area contributed by atoms with Crippen LogP contribution in [0.2, 0.25) is 0 Å². The van der Waals surface area contributed by atoms with Crippen LogP contribution in [0.4, 0.5) is 0 Å². The number of rotatable bonds is 6. The molecule has 3 aromatic rings. The molecule has 160 valence electrons. The zero-order valence-electron chi connectivity index (χ0n) is 18.2. The highest BCUT2D eigenvalue weighted by atomic mass is 16.5. The molecule has 4 heteroatoms. The largest absolute Gasteiger partial charge is 0.493 e. The van der Waals surface area contributed by atoms with Crippen LogP contribution in [-0.4, -0.2) is 49.6 Å². The van der Waals surface area contributed by atoms with Crippen molar-refractivity contribution in [3.63, 3.8) is 0 Å². The van der Waals surface area contributed by atoms with E-state index in [-0.39, 0.29) is 0 Å². The molecule has 0 aromatic heterocycles. The van der Waals surface area contributed by atoms with E-state index >= 15 is 0 Å². The standard InChI is InChI=1S/C27H30N2O2/c1-30-25-12-11-22(26-24-10-6-5-9-23(24)20-31-27(25)26)13-14-28-15-17-29(18-16-28)19-21-7-3-2-4-8-21/h2-12H,13-20H2,1H3. The van der Waals surface area contributed by atoms with E-state index in [9.17, 15) is 0 Å². The summed E-state index contributed by atoms with van der Waals surface area (Å²) in [5.74, 6) is 1.72. The van der Waals surface area contributed by atoms with E-state index in [0.29, 0.717) is 6.61 Å². The number of methoxy groups -OCH3 is 1. The van der Waals surface area contributed by atoms with E-state index in [4.69, 9.17) is 9.47 Å². The Bertz CT molecular complexity index is 1030. The summed E-state index contributed by atoms with van der Waals surface area (Å²) in [6, 6.07) is 23.6. The summed E-state index contributed by atoms with van der Waals surface area (Å²) in [6.45, 7) is 7.22. The van der Waals surface area contributed by atoms with Crippen LogP contribution in [0.15, 0.2) is 66.7 Å². The van der Waals surface area contributed by atoms with Gasteiger partial charge in [0.05, 0.1) is 7.11 Å². The maximum absolute atomic E-state index is 6.13. The third kappa shape index (κ3) is 4.32. The molecular formula is C27H30N2O2. The van der Waals surface area contributed by atoms with E-state index in [1.54, 1.807) is 7.11 Å². The molecule has 2 aliphatic rings. The Kier molecular flexibility index (Phi) is 5.92. The highest BCUT2D eigenvalue weighted by Crippen LogP contribution is 2.45. The van der Waals surface area contributed by atoms with Crippen LogP contribution in [0, 0.1) is 0 Å². The van der Waals surface area contributed by atoms with Crippen molar-refractivity contribution < 1.29 is 9.47 Å². The average Bonchev–Trinajstić information content (AvgIpc) is 2.84. The number of ether oxygens (including phenoxy) is 2. The average molecular weight is 415 g/mol. The second-order valence-corrected chi connectivity index (χ2v) is 8.43. The quantitative estimate of drug-likeness (QED) is 0.588. The molecule has 0 unspecified atom stereocenters. The molecule has 3 aromatic carbocycles. The highest BCUT2D eigenvalue weighted by molar-refractivity contribution is 5.80. The van der Waals surface area contributed by atoms with Crippen molar-refractivity contribution in [3.8, 4) is 22.6 Å². The Morgan fingerprint density at radius 1 is 0.839 bits per heavy atom. The lowest BCUT2D eigenvalue weighted by Gasteiger charge is -2.35. The Morgan fingerprint density at radius 2 is 1.58 bits per heavy atom. The molecule has 0 atom stereocenters. The molecule has 0 saturated carbocycles. The molecule has 0 bridgehead atoms. The smallest absolute Gasteiger partial charge is 0.169 e. The molecule has 0 N–H and O–H groups in total. The molecular weight excluding hydrogens is 384 g/mol. The molecule has 0 amide bonds. The fourth-order valence-electron chi connectivity index (χ4n) is 4.74. The molecule has 0 spiro atoms. The maximum atomic E-state index is 6.13. The van der Waals surface area contributed by atoms with Crippen molar-refractivity contribution in [1.82, 2.24) is 9.80 Å². The van der Waals surface area contributed by atoms with Gasteiger partial charge in [0, 0.05) is 44.8 Å². The van der Waals surface area contributed by atoms with Gasteiger partial charge in [-0.2, -0.15) is 0 Å². The van der Waals surface area contributed by atoms with Gasteiger partial charge in [0.25, 0.3) is 0 Å².